The Morgan fingerprint density at radius 3 is 2.75 bits per heavy atom. The number of rotatable bonds is 7. The number of amides is 2. The van der Waals surface area contributed by atoms with Gasteiger partial charge in [0.25, 0.3) is 0 Å². The van der Waals surface area contributed by atoms with E-state index in [4.69, 9.17) is 4.74 Å². The number of ether oxygens (including phenoxy) is 1. The molecule has 1 aliphatic rings. The van der Waals surface area contributed by atoms with Gasteiger partial charge in [0, 0.05) is 13.1 Å². The molecule has 4 heteroatoms. The van der Waals surface area contributed by atoms with E-state index < -0.39 is 0 Å². The summed E-state index contributed by atoms with van der Waals surface area (Å²) in [6.07, 6.45) is 6.42. The molecule has 1 rings (SSSR count). The van der Waals surface area contributed by atoms with Gasteiger partial charge >= 0.3 is 6.03 Å². The standard InChI is InChI=1S/C12H22N2O2/c1-3-5-6-7-9-14-11-16-10-13(8-4-2)12(14)15/h4H,2-3,5-11H2,1H3. The lowest BCUT2D eigenvalue weighted by Crippen LogP contribution is -2.50. The molecule has 1 fully saturated rings. The van der Waals surface area contributed by atoms with Crippen molar-refractivity contribution in [1.82, 2.24) is 9.80 Å². The fourth-order valence-corrected chi connectivity index (χ4v) is 1.75. The van der Waals surface area contributed by atoms with Gasteiger partial charge in [0.1, 0.15) is 13.5 Å². The number of carbonyl (C=O) groups excluding carboxylic acids is 1. The highest BCUT2D eigenvalue weighted by Gasteiger charge is 2.24. The predicted octanol–water partition coefficient (Wildman–Crippen LogP) is 2.42. The van der Waals surface area contributed by atoms with Gasteiger partial charge in [-0.3, -0.25) is 4.90 Å². The highest BCUT2D eigenvalue weighted by Crippen LogP contribution is 2.09. The largest absolute Gasteiger partial charge is 0.341 e. The summed E-state index contributed by atoms with van der Waals surface area (Å²) in [6.45, 7) is 7.99. The molecule has 0 aromatic heterocycles. The zero-order valence-electron chi connectivity index (χ0n) is 10.2. The van der Waals surface area contributed by atoms with Crippen LogP contribution >= 0.6 is 0 Å². The summed E-state index contributed by atoms with van der Waals surface area (Å²) in [6, 6.07) is 0.0719. The molecule has 92 valence electrons. The van der Waals surface area contributed by atoms with Crippen LogP contribution in [0, 0.1) is 0 Å². The first-order valence-corrected chi connectivity index (χ1v) is 6.02. The van der Waals surface area contributed by atoms with Gasteiger partial charge in [-0.15, -0.1) is 6.58 Å². The first-order valence-electron chi connectivity index (χ1n) is 6.02. The lowest BCUT2D eigenvalue weighted by atomic mass is 10.2. The lowest BCUT2D eigenvalue weighted by Gasteiger charge is -2.34. The van der Waals surface area contributed by atoms with Gasteiger partial charge in [0.2, 0.25) is 0 Å². The van der Waals surface area contributed by atoms with Crippen molar-refractivity contribution < 1.29 is 9.53 Å². The number of unbranched alkanes of at least 4 members (excludes halogenated alkanes) is 3. The smallest absolute Gasteiger partial charge is 0.323 e. The minimum Gasteiger partial charge on any atom is -0.341 e. The SMILES string of the molecule is C=CCN1COCN(CCCCCC)C1=O. The summed E-state index contributed by atoms with van der Waals surface area (Å²) in [5.74, 6) is 0. The Hall–Kier alpha value is -1.03. The quantitative estimate of drug-likeness (QED) is 0.493. The molecule has 1 saturated heterocycles. The molecule has 4 nitrogen and oxygen atoms in total. The van der Waals surface area contributed by atoms with Crippen molar-refractivity contribution in [1.29, 1.82) is 0 Å². The summed E-state index contributed by atoms with van der Waals surface area (Å²) in [7, 11) is 0. The Balaban J connectivity index is 2.29. The maximum absolute atomic E-state index is 11.9. The van der Waals surface area contributed by atoms with Gasteiger partial charge in [-0.1, -0.05) is 32.3 Å². The molecule has 0 radical (unpaired) electrons. The van der Waals surface area contributed by atoms with Crippen LogP contribution in [-0.4, -0.2) is 42.4 Å². The maximum Gasteiger partial charge on any atom is 0.323 e. The Morgan fingerprint density at radius 2 is 2.06 bits per heavy atom. The van der Waals surface area contributed by atoms with Gasteiger partial charge in [-0.2, -0.15) is 0 Å². The van der Waals surface area contributed by atoms with Crippen LogP contribution < -0.4 is 0 Å². The third-order valence-electron chi connectivity index (χ3n) is 2.67. The summed E-state index contributed by atoms with van der Waals surface area (Å²) < 4.78 is 5.36. The van der Waals surface area contributed by atoms with Crippen LogP contribution in [0.4, 0.5) is 4.79 Å². The van der Waals surface area contributed by atoms with Crippen LogP contribution in [0.3, 0.4) is 0 Å². The summed E-state index contributed by atoms with van der Waals surface area (Å²) in [5, 5.41) is 0. The molecular weight excluding hydrogens is 204 g/mol. The number of nitrogens with zero attached hydrogens (tertiary/aromatic N) is 2. The molecular formula is C12H22N2O2. The fraction of sp³-hybridized carbons (Fsp3) is 0.750. The number of carbonyl (C=O) groups is 1. The molecule has 2 amide bonds. The van der Waals surface area contributed by atoms with Crippen molar-refractivity contribution in [3.05, 3.63) is 12.7 Å². The van der Waals surface area contributed by atoms with E-state index in [1.54, 1.807) is 15.9 Å². The zero-order chi connectivity index (χ0) is 11.8. The van der Waals surface area contributed by atoms with Crippen molar-refractivity contribution in [3.8, 4) is 0 Å². The summed E-state index contributed by atoms with van der Waals surface area (Å²) >= 11 is 0. The van der Waals surface area contributed by atoms with E-state index in [2.05, 4.69) is 13.5 Å². The third-order valence-corrected chi connectivity index (χ3v) is 2.67. The van der Waals surface area contributed by atoms with E-state index >= 15 is 0 Å². The second-order valence-electron chi connectivity index (χ2n) is 4.08. The Kier molecular flexibility index (Phi) is 5.93. The van der Waals surface area contributed by atoms with E-state index in [1.807, 2.05) is 0 Å². The number of hydrogen-bond donors (Lipinski definition) is 0. The highest BCUT2D eigenvalue weighted by atomic mass is 16.5. The van der Waals surface area contributed by atoms with E-state index in [9.17, 15) is 4.79 Å². The van der Waals surface area contributed by atoms with Gasteiger partial charge in [-0.25, -0.2) is 4.79 Å². The Labute approximate surface area is 97.9 Å². The molecule has 16 heavy (non-hydrogen) atoms. The van der Waals surface area contributed by atoms with E-state index in [1.165, 1.54) is 19.3 Å². The van der Waals surface area contributed by atoms with E-state index in [0.717, 1.165) is 13.0 Å². The minimum atomic E-state index is 0.0719. The minimum absolute atomic E-state index is 0.0719. The molecule has 0 spiro atoms. The maximum atomic E-state index is 11.9. The topological polar surface area (TPSA) is 32.8 Å². The Bertz CT molecular complexity index is 231. The van der Waals surface area contributed by atoms with Crippen molar-refractivity contribution in [2.45, 2.75) is 32.6 Å². The molecule has 0 saturated carbocycles. The predicted molar refractivity (Wildman–Crippen MR) is 64.0 cm³/mol. The van der Waals surface area contributed by atoms with Crippen molar-refractivity contribution in [2.24, 2.45) is 0 Å². The van der Waals surface area contributed by atoms with Crippen LogP contribution in [0.1, 0.15) is 32.6 Å². The van der Waals surface area contributed by atoms with Crippen molar-refractivity contribution in [3.63, 3.8) is 0 Å². The van der Waals surface area contributed by atoms with Gasteiger partial charge < -0.3 is 9.64 Å². The van der Waals surface area contributed by atoms with Crippen LogP contribution in [-0.2, 0) is 4.74 Å². The highest BCUT2D eigenvalue weighted by molar-refractivity contribution is 5.74. The summed E-state index contributed by atoms with van der Waals surface area (Å²) in [5.41, 5.74) is 0. The summed E-state index contributed by atoms with van der Waals surface area (Å²) in [4.78, 5) is 15.3. The first kappa shape index (κ1) is 13.0. The van der Waals surface area contributed by atoms with Crippen molar-refractivity contribution >= 4 is 6.03 Å². The zero-order valence-corrected chi connectivity index (χ0v) is 10.2. The molecule has 0 atom stereocenters. The average molecular weight is 226 g/mol. The second-order valence-corrected chi connectivity index (χ2v) is 4.08. The van der Waals surface area contributed by atoms with Crippen LogP contribution in [0.2, 0.25) is 0 Å². The van der Waals surface area contributed by atoms with Gasteiger partial charge in [0.05, 0.1) is 0 Å². The lowest BCUT2D eigenvalue weighted by molar-refractivity contribution is -0.0481. The van der Waals surface area contributed by atoms with Crippen LogP contribution in [0.25, 0.3) is 0 Å². The molecule has 0 bridgehead atoms. The molecule has 1 aliphatic heterocycles. The van der Waals surface area contributed by atoms with Gasteiger partial charge in [0.15, 0.2) is 0 Å². The van der Waals surface area contributed by atoms with E-state index in [-0.39, 0.29) is 6.03 Å². The monoisotopic (exact) mass is 226 g/mol. The third kappa shape index (κ3) is 3.85. The molecule has 0 aromatic carbocycles. The number of urea groups is 1. The van der Waals surface area contributed by atoms with Crippen LogP contribution in [0.15, 0.2) is 12.7 Å². The molecule has 1 heterocycles. The van der Waals surface area contributed by atoms with Crippen LogP contribution in [0.5, 0.6) is 0 Å². The molecule has 0 unspecified atom stereocenters. The Morgan fingerprint density at radius 1 is 1.31 bits per heavy atom. The second kappa shape index (κ2) is 7.28. The van der Waals surface area contributed by atoms with Gasteiger partial charge in [-0.05, 0) is 6.42 Å². The normalized spacial score (nSPS) is 16.7. The fourth-order valence-electron chi connectivity index (χ4n) is 1.75. The number of hydrogen-bond acceptors (Lipinski definition) is 2. The first-order chi connectivity index (χ1) is 7.79. The molecule has 0 aromatic rings. The van der Waals surface area contributed by atoms with Crippen molar-refractivity contribution in [2.75, 3.05) is 26.6 Å². The molecule has 0 N–H and O–H groups in total. The molecule has 0 aliphatic carbocycles. The average Bonchev–Trinajstić information content (AvgIpc) is 2.29. The van der Waals surface area contributed by atoms with E-state index in [0.29, 0.717) is 20.0 Å².